The molecule has 0 spiro atoms. The monoisotopic (exact) mass is 303 g/mol. The van der Waals surface area contributed by atoms with Crippen LogP contribution in [0.3, 0.4) is 0 Å². The Hall–Kier alpha value is -2.00. The molecule has 0 aliphatic rings. The van der Waals surface area contributed by atoms with Crippen molar-refractivity contribution in [2.75, 3.05) is 5.73 Å². The number of halogens is 1. The van der Waals surface area contributed by atoms with E-state index in [1.807, 2.05) is 51.1 Å². The van der Waals surface area contributed by atoms with Gasteiger partial charge in [-0.1, -0.05) is 23.7 Å². The number of hydrogen-bond acceptors (Lipinski definition) is 3. The molecule has 4 heteroatoms. The largest absolute Gasteiger partial charge is 0.459 e. The normalized spacial score (nSPS) is 10.7. The lowest BCUT2D eigenvalue weighted by Gasteiger charge is -2.13. The molecule has 0 bridgehead atoms. The van der Waals surface area contributed by atoms with Crippen LogP contribution in [0.5, 0.6) is 0 Å². The molecule has 0 saturated heterocycles. The molecule has 0 radical (unpaired) electrons. The molecule has 0 saturated carbocycles. The van der Waals surface area contributed by atoms with Crippen molar-refractivity contribution < 1.29 is 9.53 Å². The van der Waals surface area contributed by atoms with Crippen molar-refractivity contribution in [1.29, 1.82) is 0 Å². The number of ether oxygens (including phenoxy) is 1. The summed E-state index contributed by atoms with van der Waals surface area (Å²) in [5, 5.41) is 0.647. The van der Waals surface area contributed by atoms with Crippen molar-refractivity contribution in [3.63, 3.8) is 0 Å². The fourth-order valence-electron chi connectivity index (χ4n) is 2.08. The Morgan fingerprint density at radius 2 is 1.90 bits per heavy atom. The van der Waals surface area contributed by atoms with Crippen LogP contribution in [0.25, 0.3) is 11.1 Å². The van der Waals surface area contributed by atoms with E-state index in [1.165, 1.54) is 0 Å². The molecule has 0 heterocycles. The van der Waals surface area contributed by atoms with Gasteiger partial charge in [0.05, 0.1) is 11.7 Å². The first-order valence-electron chi connectivity index (χ1n) is 6.75. The van der Waals surface area contributed by atoms with Crippen LogP contribution in [-0.2, 0) is 4.74 Å². The SMILES string of the molecule is Cc1cc(-c2cccc(Cl)c2)cc(C(=O)OC(C)C)c1N. The van der Waals surface area contributed by atoms with E-state index in [-0.39, 0.29) is 6.10 Å². The topological polar surface area (TPSA) is 52.3 Å². The van der Waals surface area contributed by atoms with Crippen molar-refractivity contribution in [1.82, 2.24) is 0 Å². The zero-order chi connectivity index (χ0) is 15.6. The molecular formula is C17H18ClNO2. The molecule has 0 aliphatic heterocycles. The fourth-order valence-corrected chi connectivity index (χ4v) is 2.27. The van der Waals surface area contributed by atoms with Gasteiger partial charge in [0.25, 0.3) is 0 Å². The number of carbonyl (C=O) groups excluding carboxylic acids is 1. The standard InChI is InChI=1S/C17H18ClNO2/c1-10(2)21-17(20)15-9-13(7-11(3)16(15)19)12-5-4-6-14(18)8-12/h4-10H,19H2,1-3H3. The first kappa shape index (κ1) is 15.4. The number of carbonyl (C=O) groups is 1. The van der Waals surface area contributed by atoms with Gasteiger partial charge in [-0.05, 0) is 61.7 Å². The minimum Gasteiger partial charge on any atom is -0.459 e. The second-order valence-electron chi connectivity index (χ2n) is 5.22. The van der Waals surface area contributed by atoms with Gasteiger partial charge in [-0.3, -0.25) is 0 Å². The molecule has 21 heavy (non-hydrogen) atoms. The maximum absolute atomic E-state index is 12.2. The van der Waals surface area contributed by atoms with E-state index in [9.17, 15) is 4.79 Å². The van der Waals surface area contributed by atoms with E-state index in [0.29, 0.717) is 16.3 Å². The van der Waals surface area contributed by atoms with Crippen LogP contribution in [-0.4, -0.2) is 12.1 Å². The Morgan fingerprint density at radius 1 is 1.19 bits per heavy atom. The molecule has 0 unspecified atom stereocenters. The summed E-state index contributed by atoms with van der Waals surface area (Å²) in [6.45, 7) is 5.49. The number of hydrogen-bond donors (Lipinski definition) is 1. The van der Waals surface area contributed by atoms with Gasteiger partial charge in [-0.2, -0.15) is 0 Å². The van der Waals surface area contributed by atoms with Gasteiger partial charge in [0.2, 0.25) is 0 Å². The molecule has 0 atom stereocenters. The molecule has 2 aromatic carbocycles. The van der Waals surface area contributed by atoms with Crippen molar-refractivity contribution in [3.8, 4) is 11.1 Å². The van der Waals surface area contributed by atoms with Gasteiger partial charge in [0, 0.05) is 10.7 Å². The molecule has 2 aromatic rings. The van der Waals surface area contributed by atoms with E-state index in [4.69, 9.17) is 22.1 Å². The predicted octanol–water partition coefficient (Wildman–Crippen LogP) is 4.46. The highest BCUT2D eigenvalue weighted by atomic mass is 35.5. The molecule has 0 fully saturated rings. The van der Waals surface area contributed by atoms with Crippen LogP contribution < -0.4 is 5.73 Å². The molecule has 0 aliphatic carbocycles. The number of anilines is 1. The summed E-state index contributed by atoms with van der Waals surface area (Å²) in [4.78, 5) is 12.2. The van der Waals surface area contributed by atoms with Crippen LogP contribution in [0.2, 0.25) is 5.02 Å². The first-order valence-corrected chi connectivity index (χ1v) is 7.13. The van der Waals surface area contributed by atoms with E-state index < -0.39 is 5.97 Å². The Morgan fingerprint density at radius 3 is 2.52 bits per heavy atom. The van der Waals surface area contributed by atoms with E-state index in [0.717, 1.165) is 16.7 Å². The van der Waals surface area contributed by atoms with Crippen molar-refractivity contribution in [3.05, 3.63) is 52.5 Å². The Labute approximate surface area is 129 Å². The molecular weight excluding hydrogens is 286 g/mol. The number of nitrogen functional groups attached to an aromatic ring is 1. The summed E-state index contributed by atoms with van der Waals surface area (Å²) < 4.78 is 5.24. The van der Waals surface area contributed by atoms with Gasteiger partial charge in [0.15, 0.2) is 0 Å². The summed E-state index contributed by atoms with van der Waals surface area (Å²) in [6, 6.07) is 11.2. The minimum absolute atomic E-state index is 0.188. The Balaban J connectivity index is 2.50. The van der Waals surface area contributed by atoms with Gasteiger partial charge in [-0.15, -0.1) is 0 Å². The molecule has 2 rings (SSSR count). The minimum atomic E-state index is -0.408. The lowest BCUT2D eigenvalue weighted by atomic mass is 9.98. The zero-order valence-electron chi connectivity index (χ0n) is 12.3. The third-order valence-corrected chi connectivity index (χ3v) is 3.34. The summed E-state index contributed by atoms with van der Waals surface area (Å²) in [5.41, 5.74) is 9.51. The summed E-state index contributed by atoms with van der Waals surface area (Å²) >= 11 is 6.02. The van der Waals surface area contributed by atoms with Crippen LogP contribution >= 0.6 is 11.6 Å². The van der Waals surface area contributed by atoms with Crippen molar-refractivity contribution >= 4 is 23.3 Å². The van der Waals surface area contributed by atoms with Crippen LogP contribution in [0.15, 0.2) is 36.4 Å². The van der Waals surface area contributed by atoms with E-state index in [1.54, 1.807) is 6.07 Å². The highest BCUT2D eigenvalue weighted by molar-refractivity contribution is 6.30. The number of rotatable bonds is 3. The van der Waals surface area contributed by atoms with E-state index in [2.05, 4.69) is 0 Å². The number of esters is 1. The summed E-state index contributed by atoms with van der Waals surface area (Å²) in [7, 11) is 0. The molecule has 0 amide bonds. The first-order chi connectivity index (χ1) is 9.88. The maximum atomic E-state index is 12.2. The average molecular weight is 304 g/mol. The quantitative estimate of drug-likeness (QED) is 0.672. The van der Waals surface area contributed by atoms with Crippen LogP contribution in [0.1, 0.15) is 29.8 Å². The highest BCUT2D eigenvalue weighted by Crippen LogP contribution is 2.29. The smallest absolute Gasteiger partial charge is 0.340 e. The predicted molar refractivity (Wildman–Crippen MR) is 86.6 cm³/mol. The van der Waals surface area contributed by atoms with Crippen LogP contribution in [0, 0.1) is 6.92 Å². The lowest BCUT2D eigenvalue weighted by Crippen LogP contribution is -2.14. The average Bonchev–Trinajstić information content (AvgIpc) is 2.40. The third-order valence-electron chi connectivity index (χ3n) is 3.11. The lowest BCUT2D eigenvalue weighted by molar-refractivity contribution is 0.0379. The number of nitrogens with two attached hydrogens (primary N) is 1. The molecule has 2 N–H and O–H groups in total. The Bertz CT molecular complexity index is 680. The second kappa shape index (κ2) is 6.19. The molecule has 0 aromatic heterocycles. The van der Waals surface area contributed by atoms with Crippen molar-refractivity contribution in [2.45, 2.75) is 26.9 Å². The number of benzene rings is 2. The second-order valence-corrected chi connectivity index (χ2v) is 5.66. The highest BCUT2D eigenvalue weighted by Gasteiger charge is 2.16. The van der Waals surface area contributed by atoms with Gasteiger partial charge >= 0.3 is 5.97 Å². The van der Waals surface area contributed by atoms with E-state index >= 15 is 0 Å². The van der Waals surface area contributed by atoms with Gasteiger partial charge < -0.3 is 10.5 Å². The fraction of sp³-hybridized carbons (Fsp3) is 0.235. The zero-order valence-corrected chi connectivity index (χ0v) is 13.1. The molecule has 3 nitrogen and oxygen atoms in total. The maximum Gasteiger partial charge on any atom is 0.340 e. The number of aryl methyl sites for hydroxylation is 1. The summed E-state index contributed by atoms with van der Waals surface area (Å²) in [6.07, 6.45) is -0.188. The van der Waals surface area contributed by atoms with Gasteiger partial charge in [-0.25, -0.2) is 4.79 Å². The van der Waals surface area contributed by atoms with Crippen molar-refractivity contribution in [2.24, 2.45) is 0 Å². The third kappa shape index (κ3) is 3.56. The Kier molecular flexibility index (Phi) is 4.53. The molecule has 110 valence electrons. The van der Waals surface area contributed by atoms with Crippen LogP contribution in [0.4, 0.5) is 5.69 Å². The van der Waals surface area contributed by atoms with Gasteiger partial charge in [0.1, 0.15) is 0 Å². The summed E-state index contributed by atoms with van der Waals surface area (Å²) in [5.74, 6) is -0.408.